The van der Waals surface area contributed by atoms with Crippen molar-refractivity contribution in [1.29, 1.82) is 0 Å². The van der Waals surface area contributed by atoms with Crippen LogP contribution >= 0.6 is 16.4 Å². The molecule has 0 fully saturated rings. The van der Waals surface area contributed by atoms with Crippen LogP contribution in [-0.4, -0.2) is 0 Å². The SMILES string of the molecule is C[c-]1ccc2ccccc21.C[c-]1ccc2ccccc21.[Cl-].[Cl-].[Ti+2].[Ti+2].[c-]1ccc[pH]1.[c-]1ccc[pH]1. The fraction of sp³-hybridized carbons (Fsp3) is 0.0714. The van der Waals surface area contributed by atoms with Crippen molar-refractivity contribution in [2.75, 3.05) is 0 Å². The van der Waals surface area contributed by atoms with E-state index in [2.05, 4.69) is 110 Å². The van der Waals surface area contributed by atoms with Gasteiger partial charge >= 0.3 is 43.4 Å². The minimum atomic E-state index is 0. The Morgan fingerprint density at radius 1 is 0.559 bits per heavy atom. The van der Waals surface area contributed by atoms with Crippen LogP contribution in [0.25, 0.3) is 21.5 Å². The standard InChI is InChI=1S/2C10H9.2C4H4P.2ClH.2Ti/c2*1-8-6-7-9-4-2-3-5-10(8)9;2*1-2-4-5-3-1;;;;/h2*2-7H,1H3;2*1-3,5H;2*1H;;/q4*-1;;;2*+2/p-2. The van der Waals surface area contributed by atoms with Crippen LogP contribution in [0.15, 0.2) is 109 Å². The fourth-order valence-electron chi connectivity index (χ4n) is 3.09. The van der Waals surface area contributed by atoms with Gasteiger partial charge in [-0.25, -0.2) is 12.1 Å². The van der Waals surface area contributed by atoms with Gasteiger partial charge in [-0.15, -0.1) is 69.1 Å². The molecule has 2 heterocycles. The van der Waals surface area contributed by atoms with Gasteiger partial charge in [0.15, 0.2) is 0 Å². The number of rotatable bonds is 0. The summed E-state index contributed by atoms with van der Waals surface area (Å²) in [6.45, 7) is 4.28. The molecule has 0 bridgehead atoms. The monoisotopic (exact) mass is 590 g/mol. The number of aryl methyl sites for hydroxylation is 2. The molecule has 172 valence electrons. The van der Waals surface area contributed by atoms with Crippen LogP contribution in [-0.2, 0) is 43.4 Å². The zero-order valence-corrected chi connectivity index (χ0v) is 25.8. The minimum Gasteiger partial charge on any atom is -1.00 e. The topological polar surface area (TPSA) is 0 Å². The summed E-state index contributed by atoms with van der Waals surface area (Å²) in [6.07, 6.45) is 0. The predicted molar refractivity (Wildman–Crippen MR) is 138 cm³/mol. The summed E-state index contributed by atoms with van der Waals surface area (Å²) in [7, 11) is 1.65. The molecule has 6 heteroatoms. The molecule has 2 unspecified atom stereocenters. The molecule has 4 aromatic carbocycles. The van der Waals surface area contributed by atoms with Crippen LogP contribution in [0.4, 0.5) is 0 Å². The van der Waals surface area contributed by atoms with Gasteiger partial charge in [0.1, 0.15) is 0 Å². The second kappa shape index (κ2) is 20.4. The summed E-state index contributed by atoms with van der Waals surface area (Å²) in [4.78, 5) is 0. The van der Waals surface area contributed by atoms with E-state index in [1.165, 1.54) is 32.7 Å². The van der Waals surface area contributed by atoms with Crippen LogP contribution in [0.5, 0.6) is 0 Å². The van der Waals surface area contributed by atoms with Crippen molar-refractivity contribution in [3.63, 3.8) is 0 Å². The van der Waals surface area contributed by atoms with Gasteiger partial charge in [0, 0.05) is 0 Å². The molecule has 34 heavy (non-hydrogen) atoms. The minimum absolute atomic E-state index is 0. The first-order chi connectivity index (χ1) is 14.8. The summed E-state index contributed by atoms with van der Waals surface area (Å²) < 4.78 is 0. The van der Waals surface area contributed by atoms with Crippen LogP contribution in [0.2, 0.25) is 0 Å². The van der Waals surface area contributed by atoms with Gasteiger partial charge < -0.3 is 24.8 Å². The Kier molecular flexibility index (Phi) is 21.3. The second-order valence-electron chi connectivity index (χ2n) is 6.84. The van der Waals surface area contributed by atoms with E-state index in [1.807, 2.05) is 24.3 Å². The van der Waals surface area contributed by atoms with Crippen molar-refractivity contribution < 1.29 is 68.2 Å². The third-order valence-corrected chi connectivity index (χ3v) is 6.07. The first kappa shape index (κ1) is 35.4. The summed E-state index contributed by atoms with van der Waals surface area (Å²) >= 11 is 0. The van der Waals surface area contributed by atoms with Gasteiger partial charge in [0.2, 0.25) is 0 Å². The van der Waals surface area contributed by atoms with Crippen molar-refractivity contribution in [3.8, 4) is 0 Å². The van der Waals surface area contributed by atoms with Gasteiger partial charge in [-0.3, -0.25) is 16.4 Å². The maximum Gasteiger partial charge on any atom is 2.00 e. The molecular formula is C28H26Cl2P2Ti2-2. The molecule has 6 rings (SSSR count). The van der Waals surface area contributed by atoms with Gasteiger partial charge in [0.25, 0.3) is 0 Å². The molecule has 2 atom stereocenters. The number of fused-ring (bicyclic) bond motifs is 2. The predicted octanol–water partition coefficient (Wildman–Crippen LogP) is 2.77. The molecular weight excluding hydrogens is 565 g/mol. The largest absolute Gasteiger partial charge is 2.00 e. The molecule has 0 aliphatic heterocycles. The van der Waals surface area contributed by atoms with Crippen LogP contribution in [0.1, 0.15) is 11.1 Å². The first-order valence-electron chi connectivity index (χ1n) is 9.96. The Balaban J connectivity index is 0. The third-order valence-electron chi connectivity index (χ3n) is 4.68. The van der Waals surface area contributed by atoms with Crippen molar-refractivity contribution in [3.05, 3.63) is 131 Å². The van der Waals surface area contributed by atoms with Gasteiger partial charge in [0.05, 0.1) is 0 Å². The molecule has 0 saturated carbocycles. The molecule has 0 aliphatic carbocycles. The van der Waals surface area contributed by atoms with Crippen molar-refractivity contribution in [2.45, 2.75) is 13.8 Å². The molecule has 0 radical (unpaired) electrons. The number of benzene rings is 2. The summed E-state index contributed by atoms with van der Waals surface area (Å²) in [5.41, 5.74) is 2.74. The van der Waals surface area contributed by atoms with Crippen molar-refractivity contribution in [1.82, 2.24) is 0 Å². The summed E-state index contributed by atoms with van der Waals surface area (Å²) in [5.74, 6) is 10.2. The number of hydrogen-bond donors (Lipinski definition) is 0. The van der Waals surface area contributed by atoms with Crippen molar-refractivity contribution >= 4 is 37.9 Å². The molecule has 0 aliphatic rings. The molecule has 0 spiro atoms. The second-order valence-corrected chi connectivity index (χ2v) is 8.66. The Bertz CT molecular complexity index is 1090. The zero-order valence-electron chi connectivity index (χ0n) is 19.1. The van der Waals surface area contributed by atoms with Crippen LogP contribution in [0, 0.1) is 25.4 Å². The van der Waals surface area contributed by atoms with Gasteiger partial charge in [-0.1, -0.05) is 26.0 Å². The average molecular weight is 591 g/mol. The average Bonchev–Trinajstić information content (AvgIpc) is 3.60. The maximum atomic E-state index is 3.01. The molecule has 0 amide bonds. The first-order valence-corrected chi connectivity index (χ1v) is 12.1. The van der Waals surface area contributed by atoms with Gasteiger partial charge in [-0.05, 0) is 0 Å². The Hall–Kier alpha value is -0.771. The Morgan fingerprint density at radius 3 is 1.21 bits per heavy atom. The summed E-state index contributed by atoms with van der Waals surface area (Å²) in [5, 5.41) is 5.45. The van der Waals surface area contributed by atoms with E-state index in [-0.39, 0.29) is 68.2 Å². The van der Waals surface area contributed by atoms with E-state index >= 15 is 0 Å². The molecule has 0 N–H and O–H groups in total. The summed E-state index contributed by atoms with van der Waals surface area (Å²) in [6, 6.07) is 33.4. The van der Waals surface area contributed by atoms with E-state index in [0.29, 0.717) is 0 Å². The zero-order chi connectivity index (χ0) is 21.0. The van der Waals surface area contributed by atoms with Crippen LogP contribution < -0.4 is 24.8 Å². The Morgan fingerprint density at radius 2 is 0.941 bits per heavy atom. The van der Waals surface area contributed by atoms with E-state index in [0.717, 1.165) is 16.4 Å². The molecule has 6 aromatic rings. The van der Waals surface area contributed by atoms with E-state index < -0.39 is 0 Å². The van der Waals surface area contributed by atoms with E-state index in [4.69, 9.17) is 0 Å². The fourth-order valence-corrected chi connectivity index (χ4v) is 4.06. The molecule has 2 aromatic heterocycles. The smallest absolute Gasteiger partial charge is 1.00 e. The third kappa shape index (κ3) is 11.8. The van der Waals surface area contributed by atoms with E-state index in [1.54, 1.807) is 0 Å². The molecule has 0 nitrogen and oxygen atoms in total. The normalized spacial score (nSPS) is 9.00. The van der Waals surface area contributed by atoms with Crippen LogP contribution in [0.3, 0.4) is 0 Å². The Labute approximate surface area is 249 Å². The number of halogens is 2. The van der Waals surface area contributed by atoms with Gasteiger partial charge in [-0.2, -0.15) is 59.6 Å². The van der Waals surface area contributed by atoms with Crippen molar-refractivity contribution in [2.24, 2.45) is 0 Å². The number of hydrogen-bond acceptors (Lipinski definition) is 0. The maximum absolute atomic E-state index is 3.01. The van der Waals surface area contributed by atoms with E-state index in [9.17, 15) is 0 Å². The molecule has 0 saturated heterocycles. The quantitative estimate of drug-likeness (QED) is 0.189.